The fourth-order valence-electron chi connectivity index (χ4n) is 2.04. The van der Waals surface area contributed by atoms with E-state index in [4.69, 9.17) is 4.84 Å². The summed E-state index contributed by atoms with van der Waals surface area (Å²) >= 11 is 0. The first kappa shape index (κ1) is 16.7. The Bertz CT molecular complexity index is 684. The highest BCUT2D eigenvalue weighted by molar-refractivity contribution is 5.81. The quantitative estimate of drug-likeness (QED) is 0.656. The van der Waals surface area contributed by atoms with E-state index in [1.54, 1.807) is 18.3 Å². The normalized spacial score (nSPS) is 12.1. The highest BCUT2D eigenvalue weighted by Gasteiger charge is 2.09. The molecular formula is C18H19FN2O2. The van der Waals surface area contributed by atoms with Crippen LogP contribution in [0.3, 0.4) is 0 Å². The molecule has 5 heteroatoms. The molecule has 2 aromatic rings. The minimum atomic E-state index is -0.304. The van der Waals surface area contributed by atoms with Gasteiger partial charge in [0.25, 0.3) is 5.91 Å². The zero-order chi connectivity index (χ0) is 16.7. The predicted molar refractivity (Wildman–Crippen MR) is 87.7 cm³/mol. The van der Waals surface area contributed by atoms with Gasteiger partial charge < -0.3 is 10.2 Å². The first-order chi connectivity index (χ1) is 11.1. The van der Waals surface area contributed by atoms with Gasteiger partial charge in [0.05, 0.1) is 12.3 Å². The van der Waals surface area contributed by atoms with Crippen molar-refractivity contribution < 1.29 is 14.0 Å². The maximum atomic E-state index is 12.9. The molecule has 0 radical (unpaired) electrons. The van der Waals surface area contributed by atoms with Crippen LogP contribution in [0.15, 0.2) is 53.7 Å². The summed E-state index contributed by atoms with van der Waals surface area (Å²) in [6.45, 7) is 3.62. The lowest BCUT2D eigenvalue weighted by atomic mass is 10.1. The summed E-state index contributed by atoms with van der Waals surface area (Å²) in [6.07, 6.45) is 1.58. The third kappa shape index (κ3) is 5.21. The van der Waals surface area contributed by atoms with Crippen molar-refractivity contribution in [2.75, 3.05) is 6.61 Å². The number of carbonyl (C=O) groups is 1. The Morgan fingerprint density at radius 2 is 1.96 bits per heavy atom. The van der Waals surface area contributed by atoms with Crippen LogP contribution in [0.4, 0.5) is 4.39 Å². The first-order valence-corrected chi connectivity index (χ1v) is 7.32. The lowest BCUT2D eigenvalue weighted by molar-refractivity contribution is -0.126. The number of halogens is 1. The number of rotatable bonds is 6. The van der Waals surface area contributed by atoms with Crippen LogP contribution in [0.2, 0.25) is 0 Å². The topological polar surface area (TPSA) is 50.7 Å². The van der Waals surface area contributed by atoms with Crippen molar-refractivity contribution in [2.24, 2.45) is 5.16 Å². The van der Waals surface area contributed by atoms with Crippen molar-refractivity contribution in [1.29, 1.82) is 0 Å². The molecule has 0 aliphatic carbocycles. The van der Waals surface area contributed by atoms with Crippen LogP contribution in [-0.4, -0.2) is 18.7 Å². The Kier molecular flexibility index (Phi) is 5.86. The zero-order valence-electron chi connectivity index (χ0n) is 13.1. The fraction of sp³-hybridized carbons (Fsp3) is 0.222. The predicted octanol–water partition coefficient (Wildman–Crippen LogP) is 3.36. The fourth-order valence-corrected chi connectivity index (χ4v) is 2.04. The number of hydrogen-bond acceptors (Lipinski definition) is 3. The van der Waals surface area contributed by atoms with E-state index in [1.807, 2.05) is 38.1 Å². The van der Waals surface area contributed by atoms with Crippen LogP contribution < -0.4 is 5.32 Å². The molecule has 2 aromatic carbocycles. The summed E-state index contributed by atoms with van der Waals surface area (Å²) in [4.78, 5) is 16.8. The van der Waals surface area contributed by atoms with E-state index in [0.29, 0.717) is 0 Å². The molecule has 0 saturated heterocycles. The van der Waals surface area contributed by atoms with Gasteiger partial charge in [0.1, 0.15) is 5.82 Å². The standard InChI is InChI=1S/C18H19FN2O2/c1-13-5-3-4-6-16(13)11-20-23-12-18(22)21-14(2)15-7-9-17(19)10-8-15/h3-11,14H,12H2,1-2H3,(H,21,22). The van der Waals surface area contributed by atoms with Gasteiger partial charge in [-0.2, -0.15) is 0 Å². The molecule has 0 heterocycles. The molecule has 0 saturated carbocycles. The number of aryl methyl sites for hydroxylation is 1. The molecule has 1 unspecified atom stereocenters. The van der Waals surface area contributed by atoms with Crippen molar-refractivity contribution in [3.63, 3.8) is 0 Å². The van der Waals surface area contributed by atoms with E-state index in [0.717, 1.165) is 16.7 Å². The zero-order valence-corrected chi connectivity index (χ0v) is 13.1. The number of nitrogens with one attached hydrogen (secondary N) is 1. The number of oxime groups is 1. The van der Waals surface area contributed by atoms with Crippen LogP contribution >= 0.6 is 0 Å². The van der Waals surface area contributed by atoms with Gasteiger partial charge in [-0.15, -0.1) is 0 Å². The van der Waals surface area contributed by atoms with Gasteiger partial charge in [-0.25, -0.2) is 4.39 Å². The maximum Gasteiger partial charge on any atom is 0.261 e. The molecule has 0 spiro atoms. The van der Waals surface area contributed by atoms with Crippen LogP contribution in [0.25, 0.3) is 0 Å². The van der Waals surface area contributed by atoms with E-state index in [1.165, 1.54) is 12.1 Å². The highest BCUT2D eigenvalue weighted by Crippen LogP contribution is 2.12. The molecule has 120 valence electrons. The molecule has 2 rings (SSSR count). The molecule has 1 amide bonds. The number of hydrogen-bond donors (Lipinski definition) is 1. The summed E-state index contributed by atoms with van der Waals surface area (Å²) in [6, 6.07) is 13.5. The van der Waals surface area contributed by atoms with Gasteiger partial charge in [-0.05, 0) is 42.7 Å². The minimum Gasteiger partial charge on any atom is -0.386 e. The van der Waals surface area contributed by atoms with E-state index in [-0.39, 0.29) is 24.4 Å². The van der Waals surface area contributed by atoms with Crippen LogP contribution in [0.5, 0.6) is 0 Å². The third-order valence-corrected chi connectivity index (χ3v) is 3.40. The third-order valence-electron chi connectivity index (χ3n) is 3.40. The largest absolute Gasteiger partial charge is 0.386 e. The van der Waals surface area contributed by atoms with Crippen LogP contribution in [-0.2, 0) is 9.63 Å². The van der Waals surface area contributed by atoms with E-state index >= 15 is 0 Å². The highest BCUT2D eigenvalue weighted by atomic mass is 19.1. The van der Waals surface area contributed by atoms with Gasteiger partial charge in [0, 0.05) is 0 Å². The number of benzene rings is 2. The molecule has 0 fully saturated rings. The second kappa shape index (κ2) is 8.08. The minimum absolute atomic E-state index is 0.173. The summed E-state index contributed by atoms with van der Waals surface area (Å²) in [5.41, 5.74) is 2.84. The Labute approximate surface area is 135 Å². The summed E-state index contributed by atoms with van der Waals surface area (Å²) in [5.74, 6) is -0.593. The summed E-state index contributed by atoms with van der Waals surface area (Å²) in [7, 11) is 0. The van der Waals surface area contributed by atoms with Gasteiger partial charge in [0.2, 0.25) is 0 Å². The smallest absolute Gasteiger partial charge is 0.261 e. The number of carbonyl (C=O) groups excluding carboxylic acids is 1. The molecule has 0 bridgehead atoms. The van der Waals surface area contributed by atoms with Crippen molar-refractivity contribution in [2.45, 2.75) is 19.9 Å². The van der Waals surface area contributed by atoms with Crippen molar-refractivity contribution >= 4 is 12.1 Å². The van der Waals surface area contributed by atoms with E-state index < -0.39 is 0 Å². The van der Waals surface area contributed by atoms with Crippen molar-refractivity contribution in [3.05, 3.63) is 71.0 Å². The molecule has 0 aliphatic heterocycles. The Morgan fingerprint density at radius 1 is 1.26 bits per heavy atom. The van der Waals surface area contributed by atoms with E-state index in [9.17, 15) is 9.18 Å². The monoisotopic (exact) mass is 314 g/mol. The van der Waals surface area contributed by atoms with Crippen LogP contribution in [0.1, 0.15) is 29.7 Å². The lowest BCUT2D eigenvalue weighted by Crippen LogP contribution is -2.29. The molecule has 4 nitrogen and oxygen atoms in total. The van der Waals surface area contributed by atoms with Gasteiger partial charge in [-0.1, -0.05) is 41.6 Å². The van der Waals surface area contributed by atoms with Crippen molar-refractivity contribution in [3.8, 4) is 0 Å². The van der Waals surface area contributed by atoms with Crippen molar-refractivity contribution in [1.82, 2.24) is 5.32 Å². The van der Waals surface area contributed by atoms with Gasteiger partial charge >= 0.3 is 0 Å². The lowest BCUT2D eigenvalue weighted by Gasteiger charge is -2.13. The molecule has 0 aliphatic rings. The molecule has 1 N–H and O–H groups in total. The summed E-state index contributed by atoms with van der Waals surface area (Å²) in [5, 5.41) is 6.56. The average Bonchev–Trinajstić information content (AvgIpc) is 2.53. The summed E-state index contributed by atoms with van der Waals surface area (Å²) < 4.78 is 12.9. The second-order valence-corrected chi connectivity index (χ2v) is 5.21. The average molecular weight is 314 g/mol. The second-order valence-electron chi connectivity index (χ2n) is 5.21. The number of amides is 1. The molecule has 1 atom stereocenters. The maximum absolute atomic E-state index is 12.9. The van der Waals surface area contributed by atoms with Crippen LogP contribution in [0, 0.1) is 12.7 Å². The van der Waals surface area contributed by atoms with Gasteiger partial charge in [-0.3, -0.25) is 4.79 Å². The number of nitrogens with zero attached hydrogens (tertiary/aromatic N) is 1. The molecule has 23 heavy (non-hydrogen) atoms. The Balaban J connectivity index is 1.79. The Hall–Kier alpha value is -2.69. The van der Waals surface area contributed by atoms with Gasteiger partial charge in [0.15, 0.2) is 6.61 Å². The SMILES string of the molecule is Cc1ccccc1C=NOCC(=O)NC(C)c1ccc(F)cc1. The Morgan fingerprint density at radius 3 is 2.65 bits per heavy atom. The molecule has 0 aromatic heterocycles. The molecular weight excluding hydrogens is 295 g/mol. The van der Waals surface area contributed by atoms with E-state index in [2.05, 4.69) is 10.5 Å². The first-order valence-electron chi connectivity index (χ1n) is 7.32.